The van der Waals surface area contributed by atoms with Crippen LogP contribution >= 0.6 is 90.4 Å². The largest absolute Gasteiger partial charge is 0.491 e. The topological polar surface area (TPSA) is 174 Å². The van der Waals surface area contributed by atoms with Crippen molar-refractivity contribution in [3.05, 3.63) is 73.9 Å². The maximum absolute atomic E-state index is 11.8. The molecular weight excluding hydrogens is 1370 g/mol. The van der Waals surface area contributed by atoms with Crippen LogP contribution in [0.2, 0.25) is 0 Å². The maximum Gasteiger partial charge on any atom is 0.407 e. The van der Waals surface area contributed by atoms with Crippen LogP contribution in [0, 0.1) is 14.3 Å². The van der Waals surface area contributed by atoms with Gasteiger partial charge in [-0.3, -0.25) is 9.69 Å². The number of hydrogen-bond acceptors (Lipinski definition) is 16. The molecule has 1 fully saturated rings. The predicted molar refractivity (Wildman–Crippen MR) is 303 cm³/mol. The molecule has 0 saturated carbocycles. The van der Waals surface area contributed by atoms with Gasteiger partial charge in [0.2, 0.25) is 0 Å². The Morgan fingerprint density at radius 1 is 0.549 bits per heavy atom. The fourth-order valence-electron chi connectivity index (χ4n) is 6.67. The average Bonchev–Trinajstić information content (AvgIpc) is 3.33. The van der Waals surface area contributed by atoms with Crippen molar-refractivity contribution >= 4 is 102 Å². The Kier molecular flexibility index (Phi) is 31.9. The van der Waals surface area contributed by atoms with E-state index in [0.29, 0.717) is 112 Å². The van der Waals surface area contributed by atoms with E-state index in [1.807, 2.05) is 69.3 Å². The van der Waals surface area contributed by atoms with Gasteiger partial charge in [0, 0.05) is 52.2 Å². The lowest BCUT2D eigenvalue weighted by Crippen LogP contribution is -2.47. The molecule has 4 rings (SSSR count). The first-order valence-corrected chi connectivity index (χ1v) is 28.2. The molecule has 398 valence electrons. The summed E-state index contributed by atoms with van der Waals surface area (Å²) in [5, 5.41) is 11.8. The number of carbonyl (C=O) groups excluding carboxylic acids is 2. The van der Waals surface area contributed by atoms with Gasteiger partial charge < -0.3 is 67.4 Å². The Morgan fingerprint density at radius 2 is 1.00 bits per heavy atom. The van der Waals surface area contributed by atoms with E-state index in [1.54, 1.807) is 0 Å². The smallest absolute Gasteiger partial charge is 0.407 e. The van der Waals surface area contributed by atoms with Crippen LogP contribution in [0.1, 0.15) is 38.3 Å². The number of ether oxygens (including phenoxy) is 11. The number of piperazine rings is 1. The fraction of sp³-hybridized carbons (Fsp3) is 0.600. The van der Waals surface area contributed by atoms with Gasteiger partial charge in [0.1, 0.15) is 36.1 Å². The number of amides is 1. The summed E-state index contributed by atoms with van der Waals surface area (Å²) < 4.78 is 66.6. The van der Waals surface area contributed by atoms with Crippen molar-refractivity contribution < 1.29 is 66.8 Å². The molecule has 1 aliphatic heterocycles. The normalized spacial score (nSPS) is 13.4. The standard InChI is InChI=1S/C50H71I4N3O14/c1-50(2,3)71-49(60)55-36-38-5-7-41(8-6-38)68-30-29-67-28-27-66-26-25-65-24-23-64-22-21-63-20-19-62-18-17-61-16-14-57-12-10-56(11-13-57)9-4-15-69-47-45(53)34-42(35-46(47)54)70-48-43(51)32-39(33-44(48)52)31-40(59)37-58/h5-8,32-35,58H,4,9-31,36-37H2,1-3H3,(H,55,60). The van der Waals surface area contributed by atoms with E-state index in [4.69, 9.17) is 57.2 Å². The second kappa shape index (κ2) is 36.5. The Balaban J connectivity index is 0.860. The summed E-state index contributed by atoms with van der Waals surface area (Å²) in [6, 6.07) is 15.3. The molecule has 21 heteroatoms. The monoisotopic (exact) mass is 1450 g/mol. The number of nitrogens with zero attached hydrogens (tertiary/aromatic N) is 2. The van der Waals surface area contributed by atoms with Crippen LogP contribution in [0.4, 0.5) is 4.79 Å². The SMILES string of the molecule is CC(C)(C)OC(=O)NCc1ccc(OCCOCCOCCOCCOCCOCCOCCOCCN2CCN(CCCOc3c(I)cc(Oc4c(I)cc(CC(=O)CO)cc4I)cc3I)CC2)cc1. The lowest BCUT2D eigenvalue weighted by Gasteiger charge is -2.34. The third-order valence-corrected chi connectivity index (χ3v) is 13.4. The minimum atomic E-state index is -0.529. The van der Waals surface area contributed by atoms with Crippen molar-refractivity contribution in [2.75, 3.05) is 152 Å². The first-order valence-electron chi connectivity index (χ1n) is 23.9. The number of halogens is 4. The van der Waals surface area contributed by atoms with Crippen LogP contribution in [0.5, 0.6) is 23.0 Å². The van der Waals surface area contributed by atoms with Crippen LogP contribution in [-0.2, 0) is 55.7 Å². The second-order valence-corrected chi connectivity index (χ2v) is 21.7. The van der Waals surface area contributed by atoms with Gasteiger partial charge in [-0.2, -0.15) is 0 Å². The van der Waals surface area contributed by atoms with Crippen molar-refractivity contribution in [2.24, 2.45) is 0 Å². The predicted octanol–water partition coefficient (Wildman–Crippen LogP) is 7.61. The van der Waals surface area contributed by atoms with Gasteiger partial charge in [-0.05, 0) is 165 Å². The highest BCUT2D eigenvalue weighted by molar-refractivity contribution is 14.1. The molecule has 0 unspecified atom stereocenters. The zero-order valence-corrected chi connectivity index (χ0v) is 49.8. The summed E-state index contributed by atoms with van der Waals surface area (Å²) in [4.78, 5) is 28.5. The molecule has 1 amide bonds. The third-order valence-electron chi connectivity index (χ3n) is 10.2. The molecule has 0 spiro atoms. The van der Waals surface area contributed by atoms with E-state index in [1.165, 1.54) is 0 Å². The van der Waals surface area contributed by atoms with Crippen molar-refractivity contribution in [3.63, 3.8) is 0 Å². The van der Waals surface area contributed by atoms with Gasteiger partial charge in [-0.25, -0.2) is 4.79 Å². The number of ketones is 1. The van der Waals surface area contributed by atoms with E-state index in [9.17, 15) is 9.59 Å². The summed E-state index contributed by atoms with van der Waals surface area (Å²) in [6.07, 6.45) is 0.698. The van der Waals surface area contributed by atoms with Gasteiger partial charge in [-0.15, -0.1) is 0 Å². The third kappa shape index (κ3) is 27.8. The molecular formula is C50H71I4N3O14. The fourth-order valence-corrected chi connectivity index (χ4v) is 10.8. The second-order valence-electron chi connectivity index (χ2n) is 17.1. The first kappa shape index (κ1) is 62.1. The highest BCUT2D eigenvalue weighted by Gasteiger charge is 2.19. The van der Waals surface area contributed by atoms with Gasteiger partial charge in [-0.1, -0.05) is 12.1 Å². The number of hydrogen-bond donors (Lipinski definition) is 2. The van der Waals surface area contributed by atoms with Crippen LogP contribution in [0.25, 0.3) is 0 Å². The number of aliphatic hydroxyl groups excluding tert-OH is 1. The number of nitrogens with one attached hydrogen (secondary N) is 1. The molecule has 0 atom stereocenters. The Bertz CT molecular complexity index is 1930. The lowest BCUT2D eigenvalue weighted by molar-refractivity contribution is -0.121. The van der Waals surface area contributed by atoms with E-state index in [0.717, 1.165) is 94.1 Å². The molecule has 0 aliphatic carbocycles. The molecule has 3 aromatic rings. The number of aliphatic hydroxyl groups is 1. The summed E-state index contributed by atoms with van der Waals surface area (Å²) in [7, 11) is 0. The van der Waals surface area contributed by atoms with Crippen molar-refractivity contribution in [1.29, 1.82) is 0 Å². The van der Waals surface area contributed by atoms with Gasteiger partial charge in [0.15, 0.2) is 11.5 Å². The van der Waals surface area contributed by atoms with E-state index >= 15 is 0 Å². The van der Waals surface area contributed by atoms with E-state index in [-0.39, 0.29) is 12.2 Å². The molecule has 3 aromatic carbocycles. The molecule has 1 aliphatic rings. The Morgan fingerprint density at radius 3 is 1.48 bits per heavy atom. The van der Waals surface area contributed by atoms with E-state index < -0.39 is 18.3 Å². The van der Waals surface area contributed by atoms with Crippen LogP contribution < -0.4 is 19.5 Å². The molecule has 1 saturated heterocycles. The first-order chi connectivity index (χ1) is 34.3. The molecule has 1 heterocycles. The molecule has 0 bridgehead atoms. The summed E-state index contributed by atoms with van der Waals surface area (Å²) in [6.45, 7) is 19.6. The quantitative estimate of drug-likeness (QED) is 0.0426. The maximum atomic E-state index is 11.8. The average molecular weight is 1450 g/mol. The number of benzene rings is 3. The van der Waals surface area contributed by atoms with Crippen molar-refractivity contribution in [3.8, 4) is 23.0 Å². The summed E-state index contributed by atoms with van der Waals surface area (Å²) in [5.74, 6) is 2.86. The highest BCUT2D eigenvalue weighted by Crippen LogP contribution is 2.37. The molecule has 17 nitrogen and oxygen atoms in total. The van der Waals surface area contributed by atoms with Crippen LogP contribution in [0.15, 0.2) is 48.5 Å². The highest BCUT2D eigenvalue weighted by atomic mass is 127. The van der Waals surface area contributed by atoms with Gasteiger partial charge in [0.25, 0.3) is 0 Å². The van der Waals surface area contributed by atoms with Gasteiger partial charge in [0.05, 0.1) is 113 Å². The molecule has 71 heavy (non-hydrogen) atoms. The number of carbonyl (C=O) groups is 2. The molecule has 0 aromatic heterocycles. The molecule has 0 radical (unpaired) electrons. The Labute approximate surface area is 474 Å². The van der Waals surface area contributed by atoms with Gasteiger partial charge >= 0.3 is 6.09 Å². The van der Waals surface area contributed by atoms with Crippen molar-refractivity contribution in [1.82, 2.24) is 15.1 Å². The zero-order valence-electron chi connectivity index (χ0n) is 41.2. The minimum absolute atomic E-state index is 0.199. The molecule has 2 N–H and O–H groups in total. The lowest BCUT2D eigenvalue weighted by atomic mass is 10.1. The van der Waals surface area contributed by atoms with Crippen molar-refractivity contribution in [2.45, 2.75) is 45.8 Å². The van der Waals surface area contributed by atoms with Crippen LogP contribution in [-0.4, -0.2) is 184 Å². The minimum Gasteiger partial charge on any atom is -0.491 e. The van der Waals surface area contributed by atoms with E-state index in [2.05, 4.69) is 105 Å². The number of Topliss-reactive ketones (excluding diaryl/α,β-unsaturated/α-hetero) is 1. The number of rotatable bonds is 37. The summed E-state index contributed by atoms with van der Waals surface area (Å²) >= 11 is 9.05. The Hall–Kier alpha value is -1.48. The van der Waals surface area contributed by atoms with Crippen LogP contribution in [0.3, 0.4) is 0 Å². The summed E-state index contributed by atoms with van der Waals surface area (Å²) in [5.41, 5.74) is 1.27. The number of alkyl carbamates (subject to hydrolysis) is 1. The zero-order chi connectivity index (χ0) is 51.1.